The molecule has 0 aromatic heterocycles. The molecule has 7 nitrogen and oxygen atoms in total. The Bertz CT molecular complexity index is 917. The molecule has 160 valence electrons. The van der Waals surface area contributed by atoms with Crippen molar-refractivity contribution < 1.29 is 14.4 Å². The lowest BCUT2D eigenvalue weighted by Crippen LogP contribution is -2.40. The number of anilines is 3. The Morgan fingerprint density at radius 1 is 0.867 bits per heavy atom. The van der Waals surface area contributed by atoms with Crippen molar-refractivity contribution in [1.82, 2.24) is 5.32 Å². The highest BCUT2D eigenvalue weighted by Crippen LogP contribution is 2.16. The van der Waals surface area contributed by atoms with Gasteiger partial charge in [0.05, 0.1) is 6.54 Å². The van der Waals surface area contributed by atoms with E-state index in [1.807, 2.05) is 40.7 Å². The first-order valence-electron chi connectivity index (χ1n) is 9.91. The fourth-order valence-electron chi connectivity index (χ4n) is 2.53. The Balaban J connectivity index is 1.93. The fraction of sp³-hybridized carbons (Fsp3) is 0.348. The van der Waals surface area contributed by atoms with E-state index in [9.17, 15) is 14.4 Å². The van der Waals surface area contributed by atoms with Crippen LogP contribution < -0.4 is 21.3 Å². The largest absolute Gasteiger partial charge is 0.376 e. The topological polar surface area (TPSA) is 99.3 Å². The monoisotopic (exact) mass is 410 g/mol. The summed E-state index contributed by atoms with van der Waals surface area (Å²) < 4.78 is 0. The second-order valence-corrected chi connectivity index (χ2v) is 8.41. The van der Waals surface area contributed by atoms with Crippen molar-refractivity contribution in [3.8, 4) is 0 Å². The summed E-state index contributed by atoms with van der Waals surface area (Å²) in [7, 11) is 0. The summed E-state index contributed by atoms with van der Waals surface area (Å²) in [6.07, 6.45) is 0. The normalized spacial score (nSPS) is 11.0. The highest BCUT2D eigenvalue weighted by Gasteiger charge is 2.15. The maximum atomic E-state index is 12.3. The number of hydrogen-bond donors (Lipinski definition) is 4. The molecular weight excluding hydrogens is 380 g/mol. The van der Waals surface area contributed by atoms with Crippen molar-refractivity contribution in [2.75, 3.05) is 22.5 Å². The van der Waals surface area contributed by atoms with Gasteiger partial charge >= 0.3 is 0 Å². The molecule has 0 spiro atoms. The van der Waals surface area contributed by atoms with E-state index < -0.39 is 0 Å². The summed E-state index contributed by atoms with van der Waals surface area (Å²) >= 11 is 0. The molecule has 2 aromatic rings. The molecule has 0 fully saturated rings. The van der Waals surface area contributed by atoms with Crippen LogP contribution in [0.15, 0.2) is 48.5 Å². The Kier molecular flexibility index (Phi) is 7.58. The van der Waals surface area contributed by atoms with E-state index in [0.717, 1.165) is 0 Å². The van der Waals surface area contributed by atoms with Crippen molar-refractivity contribution in [1.29, 1.82) is 0 Å². The van der Waals surface area contributed by atoms with Crippen LogP contribution in [0.2, 0.25) is 0 Å². The van der Waals surface area contributed by atoms with Crippen molar-refractivity contribution in [2.24, 2.45) is 5.92 Å². The standard InChI is InChI=1S/C23H30N4O3/c1-15(2)21(29)26-19-11-7-9-17(13-19)24-14-20(28)25-18-10-6-8-16(12-18)22(30)27-23(3,4)5/h6-13,15,24H,14H2,1-5H3,(H,25,28)(H,26,29)(H,27,30). The number of carbonyl (C=O) groups is 3. The quantitative estimate of drug-likeness (QED) is 0.557. The molecule has 0 saturated carbocycles. The number of nitrogens with one attached hydrogen (secondary N) is 4. The van der Waals surface area contributed by atoms with E-state index in [1.54, 1.807) is 42.5 Å². The third-order valence-corrected chi connectivity index (χ3v) is 4.00. The van der Waals surface area contributed by atoms with Crippen molar-refractivity contribution in [2.45, 2.75) is 40.2 Å². The second-order valence-electron chi connectivity index (χ2n) is 8.41. The predicted octanol–water partition coefficient (Wildman–Crippen LogP) is 3.86. The third-order valence-electron chi connectivity index (χ3n) is 4.00. The van der Waals surface area contributed by atoms with Gasteiger partial charge in [-0.3, -0.25) is 14.4 Å². The van der Waals surface area contributed by atoms with E-state index in [0.29, 0.717) is 22.6 Å². The van der Waals surface area contributed by atoms with Crippen LogP contribution in [0.1, 0.15) is 45.0 Å². The van der Waals surface area contributed by atoms with Crippen LogP contribution >= 0.6 is 0 Å². The van der Waals surface area contributed by atoms with Crippen molar-refractivity contribution >= 4 is 34.8 Å². The molecule has 4 N–H and O–H groups in total. The van der Waals surface area contributed by atoms with Gasteiger partial charge in [-0.1, -0.05) is 26.0 Å². The highest BCUT2D eigenvalue weighted by molar-refractivity contribution is 5.98. The highest BCUT2D eigenvalue weighted by atomic mass is 16.2. The lowest BCUT2D eigenvalue weighted by Gasteiger charge is -2.20. The maximum Gasteiger partial charge on any atom is 0.251 e. The van der Waals surface area contributed by atoms with Crippen LogP contribution in [-0.4, -0.2) is 29.8 Å². The van der Waals surface area contributed by atoms with Gasteiger partial charge in [0.25, 0.3) is 5.91 Å². The molecule has 0 aliphatic heterocycles. The SMILES string of the molecule is CC(C)C(=O)Nc1cccc(NCC(=O)Nc2cccc(C(=O)NC(C)(C)C)c2)c1. The van der Waals surface area contributed by atoms with Crippen molar-refractivity contribution in [3.63, 3.8) is 0 Å². The first kappa shape index (κ1) is 22.9. The van der Waals surface area contributed by atoms with Gasteiger partial charge in [0, 0.05) is 34.1 Å². The molecule has 0 aliphatic carbocycles. The molecule has 0 aliphatic rings. The van der Waals surface area contributed by atoms with Gasteiger partial charge in [0.15, 0.2) is 0 Å². The molecule has 30 heavy (non-hydrogen) atoms. The van der Waals surface area contributed by atoms with E-state index in [4.69, 9.17) is 0 Å². The Labute approximate surface area is 177 Å². The molecule has 0 atom stereocenters. The predicted molar refractivity (Wildman–Crippen MR) is 121 cm³/mol. The van der Waals surface area contributed by atoms with Crippen LogP contribution in [0.5, 0.6) is 0 Å². The average Bonchev–Trinajstić information content (AvgIpc) is 2.65. The minimum atomic E-state index is -0.344. The van der Waals surface area contributed by atoms with E-state index in [1.165, 1.54) is 0 Å². The molecule has 0 bridgehead atoms. The number of hydrogen-bond acceptors (Lipinski definition) is 4. The van der Waals surface area contributed by atoms with Crippen LogP contribution in [0, 0.1) is 5.92 Å². The molecule has 0 unspecified atom stereocenters. The Morgan fingerprint density at radius 3 is 2.10 bits per heavy atom. The molecule has 0 radical (unpaired) electrons. The van der Waals surface area contributed by atoms with Gasteiger partial charge in [-0.15, -0.1) is 0 Å². The molecule has 7 heteroatoms. The van der Waals surface area contributed by atoms with Crippen LogP contribution in [-0.2, 0) is 9.59 Å². The van der Waals surface area contributed by atoms with Gasteiger partial charge < -0.3 is 21.3 Å². The van der Waals surface area contributed by atoms with Crippen LogP contribution in [0.25, 0.3) is 0 Å². The van der Waals surface area contributed by atoms with Gasteiger partial charge in [-0.05, 0) is 57.2 Å². The summed E-state index contributed by atoms with van der Waals surface area (Å²) in [5.74, 6) is -0.633. The van der Waals surface area contributed by atoms with Gasteiger partial charge in [-0.2, -0.15) is 0 Å². The summed E-state index contributed by atoms with van der Waals surface area (Å²) in [5, 5.41) is 11.5. The molecular formula is C23H30N4O3. The molecule has 0 heterocycles. The Morgan fingerprint density at radius 2 is 1.47 bits per heavy atom. The molecule has 3 amide bonds. The van der Waals surface area contributed by atoms with E-state index >= 15 is 0 Å². The maximum absolute atomic E-state index is 12.3. The van der Waals surface area contributed by atoms with Gasteiger partial charge in [0.2, 0.25) is 11.8 Å². The minimum Gasteiger partial charge on any atom is -0.376 e. The summed E-state index contributed by atoms with van der Waals surface area (Å²) in [4.78, 5) is 36.4. The number of carbonyl (C=O) groups excluding carboxylic acids is 3. The first-order chi connectivity index (χ1) is 14.0. The summed E-state index contributed by atoms with van der Waals surface area (Å²) in [6.45, 7) is 9.41. The fourth-order valence-corrected chi connectivity index (χ4v) is 2.53. The van der Waals surface area contributed by atoms with E-state index in [-0.39, 0.29) is 35.7 Å². The zero-order valence-electron chi connectivity index (χ0n) is 18.1. The van der Waals surface area contributed by atoms with Crippen LogP contribution in [0.4, 0.5) is 17.1 Å². The lowest BCUT2D eigenvalue weighted by molar-refractivity contribution is -0.119. The zero-order chi connectivity index (χ0) is 22.3. The van der Waals surface area contributed by atoms with Gasteiger partial charge in [-0.25, -0.2) is 0 Å². The number of rotatable bonds is 7. The lowest BCUT2D eigenvalue weighted by atomic mass is 10.1. The van der Waals surface area contributed by atoms with Crippen molar-refractivity contribution in [3.05, 3.63) is 54.1 Å². The first-order valence-corrected chi connectivity index (χ1v) is 9.91. The molecule has 2 aromatic carbocycles. The second kappa shape index (κ2) is 9.91. The van der Waals surface area contributed by atoms with Crippen LogP contribution in [0.3, 0.4) is 0 Å². The average molecular weight is 411 g/mol. The smallest absolute Gasteiger partial charge is 0.251 e. The summed E-state index contributed by atoms with van der Waals surface area (Å²) in [6, 6.07) is 14.0. The van der Waals surface area contributed by atoms with Gasteiger partial charge in [0.1, 0.15) is 0 Å². The number of amides is 3. The minimum absolute atomic E-state index is 0.0417. The Hall–Kier alpha value is -3.35. The molecule has 0 saturated heterocycles. The third kappa shape index (κ3) is 7.58. The number of benzene rings is 2. The zero-order valence-corrected chi connectivity index (χ0v) is 18.1. The van der Waals surface area contributed by atoms with E-state index in [2.05, 4.69) is 21.3 Å². The molecule has 2 rings (SSSR count). The summed E-state index contributed by atoms with van der Waals surface area (Å²) in [5.41, 5.74) is 2.05.